The molecule has 3 rings (SSSR count). The van der Waals surface area contributed by atoms with Crippen molar-refractivity contribution in [1.82, 2.24) is 10.2 Å². The van der Waals surface area contributed by atoms with E-state index in [-0.39, 0.29) is 17.3 Å². The number of amides is 2. The van der Waals surface area contributed by atoms with Gasteiger partial charge < -0.3 is 15.0 Å². The van der Waals surface area contributed by atoms with Crippen LogP contribution in [-0.2, 0) is 26.2 Å². The molecule has 1 atom stereocenters. The maximum Gasteiger partial charge on any atom is 0.264 e. The SMILES string of the molecule is CCNC(=O)[C@@H](CC)N(Cc1cccc(OC)c1)C(=O)CN(c1cccc(Br)c1)S(=O)(=O)c1ccccc1. The maximum atomic E-state index is 14.0. The van der Waals surface area contributed by atoms with Crippen LogP contribution in [0.1, 0.15) is 25.8 Å². The fourth-order valence-electron chi connectivity index (χ4n) is 4.06. The number of sulfonamides is 1. The predicted molar refractivity (Wildman–Crippen MR) is 151 cm³/mol. The lowest BCUT2D eigenvalue weighted by Crippen LogP contribution is -2.52. The molecule has 0 saturated heterocycles. The second-order valence-electron chi connectivity index (χ2n) is 8.50. The molecule has 0 saturated carbocycles. The number of rotatable bonds is 12. The van der Waals surface area contributed by atoms with Crippen molar-refractivity contribution in [3.8, 4) is 5.75 Å². The standard InChI is InChI=1S/C28H32BrN3O5S/c1-4-26(28(34)30-5-2)31(19-21-11-9-14-24(17-21)37-3)27(33)20-32(23-13-10-12-22(29)18-23)38(35,36)25-15-7-6-8-16-25/h6-18,26H,4-5,19-20H2,1-3H3,(H,30,34)/t26-/m1/s1. The molecule has 0 bridgehead atoms. The lowest BCUT2D eigenvalue weighted by molar-refractivity contribution is -0.140. The Morgan fingerprint density at radius 1 is 0.974 bits per heavy atom. The topological polar surface area (TPSA) is 96.0 Å². The van der Waals surface area contributed by atoms with Crippen LogP contribution in [0.15, 0.2) is 88.2 Å². The molecule has 2 amide bonds. The zero-order chi connectivity index (χ0) is 27.7. The Hall–Kier alpha value is -3.37. The zero-order valence-electron chi connectivity index (χ0n) is 21.6. The summed E-state index contributed by atoms with van der Waals surface area (Å²) in [6.07, 6.45) is 0.351. The highest BCUT2D eigenvalue weighted by Crippen LogP contribution is 2.27. The molecule has 0 aliphatic heterocycles. The Morgan fingerprint density at radius 3 is 2.32 bits per heavy atom. The molecule has 0 heterocycles. The Bertz CT molecular complexity index is 1350. The number of carbonyl (C=O) groups excluding carboxylic acids is 2. The summed E-state index contributed by atoms with van der Waals surface area (Å²) in [6, 6.07) is 21.1. The summed E-state index contributed by atoms with van der Waals surface area (Å²) in [4.78, 5) is 28.4. The number of anilines is 1. The fraction of sp³-hybridized carbons (Fsp3) is 0.286. The molecular weight excluding hydrogens is 570 g/mol. The normalized spacial score (nSPS) is 11.9. The van der Waals surface area contributed by atoms with Gasteiger partial charge in [0.25, 0.3) is 10.0 Å². The van der Waals surface area contributed by atoms with Crippen molar-refractivity contribution in [3.63, 3.8) is 0 Å². The van der Waals surface area contributed by atoms with E-state index in [1.165, 1.54) is 17.0 Å². The molecule has 0 aromatic heterocycles. The van der Waals surface area contributed by atoms with Crippen molar-refractivity contribution in [2.24, 2.45) is 0 Å². The molecule has 3 aromatic carbocycles. The number of benzene rings is 3. The third-order valence-corrected chi connectivity index (χ3v) is 8.21. The third-order valence-electron chi connectivity index (χ3n) is 5.93. The van der Waals surface area contributed by atoms with Crippen LogP contribution >= 0.6 is 15.9 Å². The summed E-state index contributed by atoms with van der Waals surface area (Å²) >= 11 is 3.40. The van der Waals surface area contributed by atoms with E-state index in [1.54, 1.807) is 74.7 Å². The van der Waals surface area contributed by atoms with Gasteiger partial charge in [-0.1, -0.05) is 59.3 Å². The molecule has 8 nitrogen and oxygen atoms in total. The minimum Gasteiger partial charge on any atom is -0.497 e. The molecule has 0 spiro atoms. The molecule has 0 unspecified atom stereocenters. The minimum atomic E-state index is -4.10. The van der Waals surface area contributed by atoms with Crippen LogP contribution in [0, 0.1) is 0 Å². The van der Waals surface area contributed by atoms with Gasteiger partial charge in [0.1, 0.15) is 18.3 Å². The van der Waals surface area contributed by atoms with Crippen molar-refractivity contribution in [3.05, 3.63) is 88.9 Å². The first-order valence-corrected chi connectivity index (χ1v) is 14.5. The molecular formula is C28H32BrN3O5S. The average molecular weight is 603 g/mol. The van der Waals surface area contributed by atoms with Crippen molar-refractivity contribution < 1.29 is 22.7 Å². The molecule has 38 heavy (non-hydrogen) atoms. The number of likely N-dealkylation sites (N-methyl/N-ethyl adjacent to an activating group) is 1. The maximum absolute atomic E-state index is 14.0. The van der Waals surface area contributed by atoms with Crippen LogP contribution in [0.3, 0.4) is 0 Å². The summed E-state index contributed by atoms with van der Waals surface area (Å²) < 4.78 is 34.6. The van der Waals surface area contributed by atoms with E-state index in [2.05, 4.69) is 21.2 Å². The Morgan fingerprint density at radius 2 is 1.68 bits per heavy atom. The molecule has 0 fully saturated rings. The highest BCUT2D eigenvalue weighted by atomic mass is 79.9. The van der Waals surface area contributed by atoms with Gasteiger partial charge in [0.05, 0.1) is 17.7 Å². The number of methoxy groups -OCH3 is 1. The highest BCUT2D eigenvalue weighted by molar-refractivity contribution is 9.10. The van der Waals surface area contributed by atoms with Gasteiger partial charge in [-0.2, -0.15) is 0 Å². The summed E-state index contributed by atoms with van der Waals surface area (Å²) in [5.41, 5.74) is 1.07. The second-order valence-corrected chi connectivity index (χ2v) is 11.3. The highest BCUT2D eigenvalue weighted by Gasteiger charge is 2.33. The fourth-order valence-corrected chi connectivity index (χ4v) is 5.87. The molecule has 0 aliphatic rings. The van der Waals surface area contributed by atoms with Crippen LogP contribution in [-0.4, -0.2) is 51.4 Å². The lowest BCUT2D eigenvalue weighted by atomic mass is 10.1. The Balaban J connectivity index is 2.06. The summed E-state index contributed by atoms with van der Waals surface area (Å²) in [6.45, 7) is 3.64. The summed E-state index contributed by atoms with van der Waals surface area (Å²) in [7, 11) is -2.55. The van der Waals surface area contributed by atoms with Crippen molar-refractivity contribution in [2.45, 2.75) is 37.8 Å². The quantitative estimate of drug-likeness (QED) is 0.327. The Labute approximate surface area is 232 Å². The Kier molecular flexibility index (Phi) is 10.3. The van der Waals surface area contributed by atoms with E-state index in [9.17, 15) is 18.0 Å². The van der Waals surface area contributed by atoms with Crippen LogP contribution in [0.5, 0.6) is 5.75 Å². The third kappa shape index (κ3) is 7.14. The number of nitrogens with one attached hydrogen (secondary N) is 1. The number of carbonyl (C=O) groups is 2. The first-order valence-electron chi connectivity index (χ1n) is 12.2. The molecule has 3 aromatic rings. The average Bonchev–Trinajstić information content (AvgIpc) is 2.92. The van der Waals surface area contributed by atoms with Gasteiger partial charge >= 0.3 is 0 Å². The van der Waals surface area contributed by atoms with E-state index in [0.29, 0.717) is 28.9 Å². The number of ether oxygens (including phenoxy) is 1. The monoisotopic (exact) mass is 601 g/mol. The summed E-state index contributed by atoms with van der Waals surface area (Å²) in [5.74, 6) is -0.194. The number of nitrogens with zero attached hydrogens (tertiary/aromatic N) is 2. The molecule has 0 aliphatic carbocycles. The molecule has 1 N–H and O–H groups in total. The van der Waals surface area contributed by atoms with E-state index < -0.39 is 28.5 Å². The van der Waals surface area contributed by atoms with Gasteiger partial charge in [0.2, 0.25) is 11.8 Å². The lowest BCUT2D eigenvalue weighted by Gasteiger charge is -2.33. The van der Waals surface area contributed by atoms with Gasteiger partial charge in [-0.05, 0) is 61.4 Å². The van der Waals surface area contributed by atoms with E-state index in [0.717, 1.165) is 9.87 Å². The zero-order valence-corrected chi connectivity index (χ0v) is 24.0. The first kappa shape index (κ1) is 29.2. The van der Waals surface area contributed by atoms with Crippen molar-refractivity contribution in [2.75, 3.05) is 24.5 Å². The molecule has 202 valence electrons. The molecule has 0 radical (unpaired) electrons. The van der Waals surface area contributed by atoms with Crippen LogP contribution < -0.4 is 14.4 Å². The van der Waals surface area contributed by atoms with Gasteiger partial charge in [0, 0.05) is 17.6 Å². The second kappa shape index (κ2) is 13.4. The minimum absolute atomic E-state index is 0.0582. The van der Waals surface area contributed by atoms with E-state index in [4.69, 9.17) is 4.74 Å². The summed E-state index contributed by atoms with van der Waals surface area (Å²) in [5, 5.41) is 2.79. The number of hydrogen-bond donors (Lipinski definition) is 1. The van der Waals surface area contributed by atoms with Crippen molar-refractivity contribution in [1.29, 1.82) is 0 Å². The molecule has 10 heteroatoms. The van der Waals surface area contributed by atoms with Crippen LogP contribution in [0.25, 0.3) is 0 Å². The number of halogens is 1. The van der Waals surface area contributed by atoms with Gasteiger partial charge in [-0.25, -0.2) is 8.42 Å². The van der Waals surface area contributed by atoms with Gasteiger partial charge in [-0.3, -0.25) is 13.9 Å². The smallest absolute Gasteiger partial charge is 0.264 e. The van der Waals surface area contributed by atoms with Gasteiger partial charge in [-0.15, -0.1) is 0 Å². The van der Waals surface area contributed by atoms with E-state index >= 15 is 0 Å². The largest absolute Gasteiger partial charge is 0.497 e. The van der Waals surface area contributed by atoms with Crippen molar-refractivity contribution >= 4 is 43.5 Å². The number of hydrogen-bond acceptors (Lipinski definition) is 5. The van der Waals surface area contributed by atoms with Crippen LogP contribution in [0.4, 0.5) is 5.69 Å². The first-order chi connectivity index (χ1) is 18.2. The van der Waals surface area contributed by atoms with Crippen LogP contribution in [0.2, 0.25) is 0 Å². The predicted octanol–water partition coefficient (Wildman–Crippen LogP) is 4.60. The van der Waals surface area contributed by atoms with Gasteiger partial charge in [0.15, 0.2) is 0 Å². The van der Waals surface area contributed by atoms with E-state index in [1.807, 2.05) is 13.0 Å².